The Hall–Kier alpha value is -3.59. The fourth-order valence-electron chi connectivity index (χ4n) is 11.9. The summed E-state index contributed by atoms with van der Waals surface area (Å²) in [6, 6.07) is 14.6. The molecule has 4 aliphatic carbocycles. The molecule has 0 spiro atoms. The Balaban J connectivity index is 0.000000234. The standard InChI is InChI=1S/C28H48O3.C25H32O6/c1-18(7-12-25(30)31-26(2,3)4)22-10-11-23-21-9-8-19-17-20(29)13-15-27(19,5)24(21)14-16-28(22,23)6;1-23(2,3)30-21(26)28-19-13-9-17(10-14-19)25(7,8)18-11-15-20(16-12-18)29-22(27)31-24(4,5)6/h18-24,29H,7-17H2,1-6H3;9-16H,1-8H3. The van der Waals surface area contributed by atoms with Gasteiger partial charge in [-0.25, -0.2) is 9.59 Å². The number of hydrogen-bond donors (Lipinski definition) is 1. The van der Waals surface area contributed by atoms with Gasteiger partial charge in [0.1, 0.15) is 28.3 Å². The van der Waals surface area contributed by atoms with E-state index in [4.69, 9.17) is 23.7 Å². The number of benzene rings is 2. The van der Waals surface area contributed by atoms with Gasteiger partial charge in [0, 0.05) is 11.8 Å². The van der Waals surface area contributed by atoms with Crippen molar-refractivity contribution in [3.05, 3.63) is 59.7 Å². The molecule has 4 fully saturated rings. The molecule has 4 aliphatic rings. The maximum atomic E-state index is 12.3. The maximum Gasteiger partial charge on any atom is 0.514 e. The Bertz CT molecular complexity index is 1750. The molecule has 0 radical (unpaired) electrons. The van der Waals surface area contributed by atoms with E-state index in [9.17, 15) is 19.5 Å². The molecule has 0 aliphatic heterocycles. The summed E-state index contributed by atoms with van der Waals surface area (Å²) in [5, 5.41) is 10.3. The van der Waals surface area contributed by atoms with Gasteiger partial charge in [0.05, 0.1) is 6.10 Å². The van der Waals surface area contributed by atoms with Gasteiger partial charge in [0.2, 0.25) is 0 Å². The molecule has 346 valence electrons. The summed E-state index contributed by atoms with van der Waals surface area (Å²) < 4.78 is 26.4. The lowest BCUT2D eigenvalue weighted by molar-refractivity contribution is -0.155. The van der Waals surface area contributed by atoms with Gasteiger partial charge in [-0.2, -0.15) is 0 Å². The van der Waals surface area contributed by atoms with Crippen LogP contribution in [0.25, 0.3) is 0 Å². The smallest absolute Gasteiger partial charge is 0.460 e. The monoisotopic (exact) mass is 861 g/mol. The Kier molecular flexibility index (Phi) is 15.0. The first-order valence-electron chi connectivity index (χ1n) is 23.5. The fraction of sp³-hybridized carbons (Fsp3) is 0.717. The van der Waals surface area contributed by atoms with Crippen LogP contribution in [0.4, 0.5) is 9.59 Å². The van der Waals surface area contributed by atoms with Gasteiger partial charge < -0.3 is 28.8 Å². The van der Waals surface area contributed by atoms with Gasteiger partial charge in [-0.15, -0.1) is 0 Å². The molecule has 9 heteroatoms. The van der Waals surface area contributed by atoms with E-state index in [0.29, 0.717) is 34.7 Å². The normalized spacial score (nSPS) is 29.0. The predicted molar refractivity (Wildman–Crippen MR) is 244 cm³/mol. The molecular formula is C53H80O9. The van der Waals surface area contributed by atoms with Crippen molar-refractivity contribution in [2.75, 3.05) is 0 Å². The molecule has 1 N–H and O–H groups in total. The number of esters is 1. The molecule has 4 saturated carbocycles. The number of fused-ring (bicyclic) bond motifs is 5. The average molecular weight is 861 g/mol. The van der Waals surface area contributed by atoms with Crippen molar-refractivity contribution >= 4 is 18.3 Å². The molecule has 2 aromatic carbocycles. The Morgan fingerprint density at radius 2 is 1.10 bits per heavy atom. The molecule has 9 unspecified atom stereocenters. The number of ether oxygens (including phenoxy) is 5. The van der Waals surface area contributed by atoms with E-state index < -0.39 is 23.5 Å². The van der Waals surface area contributed by atoms with Gasteiger partial charge in [0.15, 0.2) is 0 Å². The van der Waals surface area contributed by atoms with Crippen LogP contribution >= 0.6 is 0 Å². The van der Waals surface area contributed by atoms with Crippen molar-refractivity contribution in [2.24, 2.45) is 46.3 Å². The second-order valence-corrected chi connectivity index (χ2v) is 23.2. The molecule has 0 aromatic heterocycles. The number of rotatable bonds is 8. The third kappa shape index (κ3) is 12.4. The first kappa shape index (κ1) is 49.4. The lowest BCUT2D eigenvalue weighted by Gasteiger charge is -2.61. The molecule has 0 bridgehead atoms. The first-order chi connectivity index (χ1) is 28.6. The fourth-order valence-corrected chi connectivity index (χ4v) is 11.9. The van der Waals surface area contributed by atoms with Crippen molar-refractivity contribution in [1.82, 2.24) is 0 Å². The minimum atomic E-state index is -0.736. The van der Waals surface area contributed by atoms with Crippen molar-refractivity contribution in [3.8, 4) is 11.5 Å². The Morgan fingerprint density at radius 3 is 1.58 bits per heavy atom. The van der Waals surface area contributed by atoms with Crippen LogP contribution in [-0.2, 0) is 24.4 Å². The molecule has 0 saturated heterocycles. The van der Waals surface area contributed by atoms with Crippen molar-refractivity contribution in [1.29, 1.82) is 0 Å². The van der Waals surface area contributed by atoms with E-state index >= 15 is 0 Å². The molecule has 62 heavy (non-hydrogen) atoms. The Morgan fingerprint density at radius 1 is 0.629 bits per heavy atom. The lowest BCUT2D eigenvalue weighted by atomic mass is 9.44. The molecular weight excluding hydrogens is 781 g/mol. The van der Waals surface area contributed by atoms with E-state index in [-0.39, 0.29) is 23.1 Å². The molecule has 9 atom stereocenters. The van der Waals surface area contributed by atoms with E-state index in [1.807, 2.05) is 45.0 Å². The number of aliphatic hydroxyl groups is 1. The SMILES string of the molecule is CC(C)(C)OC(=O)Oc1ccc(C(C)(C)c2ccc(OC(=O)OC(C)(C)C)cc2)cc1.CC(CCC(=O)OC(C)(C)C)C1CCC2C3CCC4CC(O)CCC4(C)C3CCC12C. The summed E-state index contributed by atoms with van der Waals surface area (Å²) >= 11 is 0. The van der Waals surface area contributed by atoms with Crippen LogP contribution in [0.2, 0.25) is 0 Å². The topological polar surface area (TPSA) is 118 Å². The maximum absolute atomic E-state index is 12.3. The van der Waals surface area contributed by atoms with Crippen LogP contribution in [0.5, 0.6) is 11.5 Å². The van der Waals surface area contributed by atoms with E-state index in [0.717, 1.165) is 60.0 Å². The van der Waals surface area contributed by atoms with Crippen LogP contribution in [0.3, 0.4) is 0 Å². The highest BCUT2D eigenvalue weighted by Gasteiger charge is 2.60. The van der Waals surface area contributed by atoms with Crippen LogP contribution in [0.15, 0.2) is 48.5 Å². The lowest BCUT2D eigenvalue weighted by Crippen LogP contribution is -2.54. The van der Waals surface area contributed by atoms with Gasteiger partial charge in [-0.1, -0.05) is 58.9 Å². The van der Waals surface area contributed by atoms with Crippen LogP contribution in [-0.4, -0.2) is 46.3 Å². The van der Waals surface area contributed by atoms with Crippen LogP contribution in [0, 0.1) is 46.3 Å². The zero-order valence-corrected chi connectivity index (χ0v) is 40.7. The second-order valence-electron chi connectivity index (χ2n) is 23.2. The number of carbonyl (C=O) groups is 3. The van der Waals surface area contributed by atoms with Gasteiger partial charge in [-0.3, -0.25) is 4.79 Å². The summed E-state index contributed by atoms with van der Waals surface area (Å²) in [5.41, 5.74) is 1.05. The van der Waals surface area contributed by atoms with E-state index in [1.54, 1.807) is 65.8 Å². The number of hydrogen-bond acceptors (Lipinski definition) is 9. The minimum Gasteiger partial charge on any atom is -0.460 e. The highest BCUT2D eigenvalue weighted by molar-refractivity contribution is 5.69. The number of carbonyl (C=O) groups excluding carboxylic acids is 3. The molecule has 0 amide bonds. The zero-order valence-electron chi connectivity index (χ0n) is 40.7. The minimum absolute atomic E-state index is 0.0338. The quantitative estimate of drug-likeness (QED) is 0.157. The van der Waals surface area contributed by atoms with Crippen molar-refractivity contribution < 1.29 is 43.2 Å². The Labute approximate surface area is 373 Å². The average Bonchev–Trinajstić information content (AvgIpc) is 3.50. The third-order valence-corrected chi connectivity index (χ3v) is 15.0. The van der Waals surface area contributed by atoms with Crippen LogP contribution in [0.1, 0.15) is 179 Å². The molecule has 6 rings (SSSR count). The zero-order chi connectivity index (χ0) is 46.1. The summed E-state index contributed by atoms with van der Waals surface area (Å²) in [4.78, 5) is 35.9. The van der Waals surface area contributed by atoms with Gasteiger partial charge in [-0.05, 0) is 208 Å². The highest BCUT2D eigenvalue weighted by Crippen LogP contribution is 2.68. The summed E-state index contributed by atoms with van der Waals surface area (Å²) in [6.07, 6.45) is 11.5. The summed E-state index contributed by atoms with van der Waals surface area (Å²) in [5.74, 6) is 5.50. The predicted octanol–water partition coefficient (Wildman–Crippen LogP) is 13.4. The summed E-state index contributed by atoms with van der Waals surface area (Å²) in [6.45, 7) is 28.3. The van der Waals surface area contributed by atoms with Crippen molar-refractivity contribution in [2.45, 2.75) is 196 Å². The first-order valence-corrected chi connectivity index (χ1v) is 23.5. The number of aliphatic hydroxyl groups excluding tert-OH is 1. The van der Waals surface area contributed by atoms with Crippen LogP contribution < -0.4 is 9.47 Å². The van der Waals surface area contributed by atoms with Crippen molar-refractivity contribution in [3.63, 3.8) is 0 Å². The van der Waals surface area contributed by atoms with Gasteiger partial charge in [0.25, 0.3) is 0 Å². The molecule has 2 aromatic rings. The summed E-state index contributed by atoms with van der Waals surface area (Å²) in [7, 11) is 0. The highest BCUT2D eigenvalue weighted by atomic mass is 16.7. The second kappa shape index (κ2) is 18.9. The van der Waals surface area contributed by atoms with Gasteiger partial charge >= 0.3 is 18.3 Å². The molecule has 9 nitrogen and oxygen atoms in total. The third-order valence-electron chi connectivity index (χ3n) is 15.0. The van der Waals surface area contributed by atoms with E-state index in [1.165, 1.54) is 44.9 Å². The van der Waals surface area contributed by atoms with E-state index in [2.05, 4.69) is 34.6 Å². The molecule has 0 heterocycles. The largest absolute Gasteiger partial charge is 0.514 e.